The predicted octanol–water partition coefficient (Wildman–Crippen LogP) is 8.44. The minimum Gasteiger partial charge on any atom is -0.491 e. The number of pyridine rings is 2. The number of rotatable bonds is 12. The number of anilines is 5. The van der Waals surface area contributed by atoms with Crippen molar-refractivity contribution >= 4 is 61.2 Å². The Morgan fingerprint density at radius 3 is 2.57 bits per heavy atom. The Balaban J connectivity index is 0.743. The number of amides is 1. The average molecular weight is 1150 g/mol. The van der Waals surface area contributed by atoms with Gasteiger partial charge in [-0.05, 0) is 125 Å². The van der Waals surface area contributed by atoms with Crippen LogP contribution < -0.4 is 38.9 Å². The van der Waals surface area contributed by atoms with Crippen molar-refractivity contribution in [3.8, 4) is 17.4 Å². The van der Waals surface area contributed by atoms with E-state index < -0.39 is 37.5 Å². The topological polar surface area (TPSA) is 228 Å². The minimum absolute atomic E-state index is 0.0241. The number of benzene rings is 3. The van der Waals surface area contributed by atoms with Crippen LogP contribution in [0.5, 0.6) is 17.4 Å². The van der Waals surface area contributed by atoms with Crippen LogP contribution >= 0.6 is 0 Å². The fourth-order valence-corrected chi connectivity index (χ4v) is 15.4. The van der Waals surface area contributed by atoms with Gasteiger partial charge in [-0.2, -0.15) is 4.98 Å². The van der Waals surface area contributed by atoms with Gasteiger partial charge in [0.25, 0.3) is 21.6 Å². The normalized spacial score (nSPS) is 23.7. The fourth-order valence-electron chi connectivity index (χ4n) is 14.4. The molecule has 1 amide bonds. The third kappa shape index (κ3) is 10.1. The van der Waals surface area contributed by atoms with Crippen molar-refractivity contribution in [2.75, 3.05) is 92.4 Å². The maximum absolute atomic E-state index is 15.0. The molecule has 5 fully saturated rings. The van der Waals surface area contributed by atoms with E-state index >= 15 is 0 Å². The molecule has 4 atom stereocenters. The quantitative estimate of drug-likeness (QED) is 0.0771. The summed E-state index contributed by atoms with van der Waals surface area (Å²) in [4.78, 5) is 49.2. The number of carbonyl (C=O) groups excluding carboxylic acids is 1. The number of fused-ring (bicyclic) bond motifs is 5. The van der Waals surface area contributed by atoms with E-state index in [0.29, 0.717) is 68.4 Å². The first kappa shape index (κ1) is 53.7. The van der Waals surface area contributed by atoms with Gasteiger partial charge >= 0.3 is 0 Å². The molecule has 0 bridgehead atoms. The Bertz CT molecular complexity index is 3580. The molecule has 21 nitrogen and oxygen atoms in total. The second-order valence-electron chi connectivity index (χ2n) is 23.9. The van der Waals surface area contributed by atoms with E-state index in [4.69, 9.17) is 38.4 Å². The summed E-state index contributed by atoms with van der Waals surface area (Å²) in [6.45, 7) is 11.7. The maximum Gasteiger partial charge on any atom is 0.297 e. The maximum atomic E-state index is 15.0. The highest BCUT2D eigenvalue weighted by Crippen LogP contribution is 2.54. The van der Waals surface area contributed by atoms with Gasteiger partial charge < -0.3 is 53.4 Å². The molecule has 0 unspecified atom stereocenters. The fraction of sp³-hybridized carbons (Fsp3) is 0.492. The van der Waals surface area contributed by atoms with E-state index in [9.17, 15) is 23.3 Å². The van der Waals surface area contributed by atoms with E-state index in [-0.39, 0.29) is 65.8 Å². The van der Waals surface area contributed by atoms with E-state index in [1.165, 1.54) is 22.8 Å². The van der Waals surface area contributed by atoms with Crippen molar-refractivity contribution in [1.82, 2.24) is 24.6 Å². The van der Waals surface area contributed by atoms with Crippen LogP contribution in [0, 0.1) is 21.4 Å². The van der Waals surface area contributed by atoms with Gasteiger partial charge in [0, 0.05) is 105 Å². The second-order valence-corrected chi connectivity index (χ2v) is 25.6. The van der Waals surface area contributed by atoms with E-state index in [0.717, 1.165) is 106 Å². The number of para-hydroxylation sites is 1. The molecule has 14 rings (SSSR count). The largest absolute Gasteiger partial charge is 0.491 e. The molecule has 4 saturated heterocycles. The molecule has 3 aromatic carbocycles. The zero-order valence-electron chi connectivity index (χ0n) is 46.8. The molecule has 8 aliphatic rings. The van der Waals surface area contributed by atoms with Gasteiger partial charge in [0.1, 0.15) is 35.6 Å². The van der Waals surface area contributed by atoms with Crippen molar-refractivity contribution < 1.29 is 46.6 Å². The van der Waals surface area contributed by atoms with Gasteiger partial charge in [0.2, 0.25) is 5.88 Å². The van der Waals surface area contributed by atoms with E-state index in [1.807, 2.05) is 36.7 Å². The van der Waals surface area contributed by atoms with Crippen LogP contribution in [0.3, 0.4) is 0 Å². The minimum atomic E-state index is -4.72. The number of nitrogens with one attached hydrogen (secondary N) is 3. The molecular weight excluding hydrogens is 1080 g/mol. The molecule has 6 aromatic rings. The highest BCUT2D eigenvalue weighted by Gasteiger charge is 2.51. The molecule has 1 aliphatic carbocycles. The lowest BCUT2D eigenvalue weighted by atomic mass is 9.59. The molecule has 22 heteroatoms. The van der Waals surface area contributed by atoms with E-state index in [2.05, 4.69) is 78.8 Å². The molecule has 10 heterocycles. The lowest BCUT2D eigenvalue weighted by Crippen LogP contribution is -2.60. The first-order valence-electron chi connectivity index (χ1n) is 29.4. The number of nitro benzene ring substituents is 1. The van der Waals surface area contributed by atoms with Crippen molar-refractivity contribution in [3.63, 3.8) is 0 Å². The summed E-state index contributed by atoms with van der Waals surface area (Å²) >= 11 is 0. The predicted molar refractivity (Wildman–Crippen MR) is 311 cm³/mol. The molecule has 1 saturated carbocycles. The number of piperidine rings is 1. The average Bonchev–Trinajstić information content (AvgIpc) is 4.22. The lowest BCUT2D eigenvalue weighted by Gasteiger charge is -2.58. The van der Waals surface area contributed by atoms with Crippen LogP contribution in [0.2, 0.25) is 0 Å². The third-order valence-electron chi connectivity index (χ3n) is 18.7. The number of hydrogen-bond acceptors (Lipinski definition) is 18. The lowest BCUT2D eigenvalue weighted by molar-refractivity contribution is -0.384. The molecule has 436 valence electrons. The summed E-state index contributed by atoms with van der Waals surface area (Å²) in [5.41, 5.74) is 6.27. The number of nitrogens with zero attached hydrogens (tertiary/aromatic N) is 7. The number of H-pyrrole nitrogens is 1. The molecular formula is C61H70N10O11S. The summed E-state index contributed by atoms with van der Waals surface area (Å²) in [5, 5.41) is 16.7. The third-order valence-corrected chi connectivity index (χ3v) is 20.0. The number of sulfonamides is 1. The van der Waals surface area contributed by atoms with Crippen LogP contribution in [0.25, 0.3) is 11.0 Å². The summed E-state index contributed by atoms with van der Waals surface area (Å²) in [7, 11) is -4.72. The molecule has 83 heavy (non-hydrogen) atoms. The second kappa shape index (κ2) is 21.7. The van der Waals surface area contributed by atoms with Crippen molar-refractivity contribution in [1.29, 1.82) is 0 Å². The first-order chi connectivity index (χ1) is 40.3. The van der Waals surface area contributed by atoms with E-state index in [1.54, 1.807) is 6.07 Å². The number of piperazine rings is 1. The highest BCUT2D eigenvalue weighted by molar-refractivity contribution is 7.90. The smallest absolute Gasteiger partial charge is 0.297 e. The van der Waals surface area contributed by atoms with Gasteiger partial charge in [-0.15, -0.1) is 0 Å². The molecule has 3 N–H and O–H groups in total. The number of ether oxygens (including phenoxy) is 6. The number of aromatic amines is 1. The number of carbonyl (C=O) groups is 1. The SMILES string of the molecule is CC(C)Oc1ccccc1[C@@H]1CN(c2nccc3c2CCOC3)CCN1C1CC2(CCN(c3ccc(C(=O)NS(=O)(=O)c4cc5c(c([N+](=O)[O-])c4)N[C@H](C4CCOCC4)CO5)c(N4c5cc6cc[nH]c6nc5O[C@H]5COCC[C@@H]54)c3)CC2)C1. The Kier molecular flexibility index (Phi) is 14.1. The van der Waals surface area contributed by atoms with Crippen molar-refractivity contribution in [2.24, 2.45) is 11.3 Å². The highest BCUT2D eigenvalue weighted by atomic mass is 32.2. The molecule has 0 radical (unpaired) electrons. The van der Waals surface area contributed by atoms with Gasteiger partial charge in [0.05, 0.1) is 65.1 Å². The van der Waals surface area contributed by atoms with Gasteiger partial charge in [0.15, 0.2) is 11.4 Å². The van der Waals surface area contributed by atoms with Crippen molar-refractivity contribution in [2.45, 2.75) is 113 Å². The molecule has 1 spiro atoms. The summed E-state index contributed by atoms with van der Waals surface area (Å²) < 4.78 is 67.7. The Morgan fingerprint density at radius 2 is 1.73 bits per heavy atom. The summed E-state index contributed by atoms with van der Waals surface area (Å²) in [6, 6.07) is 22.3. The van der Waals surface area contributed by atoms with Gasteiger partial charge in [-0.3, -0.25) is 19.8 Å². The van der Waals surface area contributed by atoms with Crippen LogP contribution in [0.4, 0.5) is 34.3 Å². The van der Waals surface area contributed by atoms with Crippen LogP contribution in [0.1, 0.15) is 91.9 Å². The standard InChI is InChI=1S/C61H70N10O11S/c1-37(2)81-53-6-4-3-5-45(53)52-33-68(58-44-13-25-78-34-40(44)10-18-63-58)21-22-69(52)42-31-61(32-42)15-19-67(20-16-61)41-7-8-46(49(28-41)70-48-14-26-79-36-55(48)82-60-51(70)27-39-9-17-62-57(39)65-60)59(72)66-83(75,76)43-29-50(71(73)74)56-54(30-43)80-35-47(64-56)38-11-23-77-24-12-38/h3-10,17-18,27-30,37-38,42,47-48,52,55,64H,11-16,19-26,31-36H2,1-2H3,(H,62,65)(H,66,72)/t47-,48-,52-,55-/m0/s1. The number of hydrogen-bond donors (Lipinski definition) is 3. The van der Waals surface area contributed by atoms with Crippen LogP contribution in [0.15, 0.2) is 90.1 Å². The Morgan fingerprint density at radius 1 is 0.904 bits per heavy atom. The zero-order chi connectivity index (χ0) is 56.6. The van der Waals surface area contributed by atoms with Gasteiger partial charge in [-0.25, -0.2) is 18.1 Å². The summed E-state index contributed by atoms with van der Waals surface area (Å²) in [5.74, 6) is 1.64. The molecule has 7 aliphatic heterocycles. The first-order valence-corrected chi connectivity index (χ1v) is 30.9. The van der Waals surface area contributed by atoms with Crippen LogP contribution in [-0.4, -0.2) is 142 Å². The van der Waals surface area contributed by atoms with Crippen LogP contribution in [-0.2, 0) is 37.3 Å². The Hall–Kier alpha value is -7.24. The van der Waals surface area contributed by atoms with Crippen molar-refractivity contribution in [3.05, 3.63) is 118 Å². The number of nitro groups is 1. The van der Waals surface area contributed by atoms with Gasteiger partial charge in [-0.1, -0.05) is 18.2 Å². The monoisotopic (exact) mass is 1150 g/mol. The molecule has 3 aromatic heterocycles. The number of aromatic nitrogens is 3. The zero-order valence-corrected chi connectivity index (χ0v) is 47.6. The Labute approximate surface area is 482 Å². The summed E-state index contributed by atoms with van der Waals surface area (Å²) in [6.07, 6.45) is 10.4.